The number of hydrogen-bond donors (Lipinski definition) is 2. The standard InChI is InChI=1S/C27H23N3O4/c1-16-9-8-13-21-23(16)20(15-28-21)17(2)29-22-14-7-6-12-19(22)25(31)30(27(29)34)24(26(32)33)18-10-4-3-5-11-18/h3-15,17,24,28H,1-2H3,(H,32,33)/t17?,24-/m0/s1. The monoisotopic (exact) mass is 453 g/mol. The number of aromatic amines is 1. The zero-order valence-corrected chi connectivity index (χ0v) is 18.7. The number of hydrogen-bond acceptors (Lipinski definition) is 3. The molecule has 0 radical (unpaired) electrons. The maximum Gasteiger partial charge on any atom is 0.333 e. The summed E-state index contributed by atoms with van der Waals surface area (Å²) in [5.41, 5.74) is 2.40. The number of rotatable bonds is 5. The van der Waals surface area contributed by atoms with Crippen LogP contribution in [0, 0.1) is 6.92 Å². The van der Waals surface area contributed by atoms with Crippen LogP contribution in [-0.2, 0) is 4.79 Å². The second kappa shape index (κ2) is 8.19. The van der Waals surface area contributed by atoms with Gasteiger partial charge < -0.3 is 10.1 Å². The molecule has 0 aliphatic carbocycles. The Kier molecular flexibility index (Phi) is 5.17. The van der Waals surface area contributed by atoms with Gasteiger partial charge >= 0.3 is 11.7 Å². The van der Waals surface area contributed by atoms with E-state index in [4.69, 9.17) is 0 Å². The molecule has 170 valence electrons. The molecule has 7 heteroatoms. The summed E-state index contributed by atoms with van der Waals surface area (Å²) in [6, 6.07) is 19.2. The van der Waals surface area contributed by atoms with E-state index in [1.165, 1.54) is 4.57 Å². The zero-order chi connectivity index (χ0) is 24.0. The van der Waals surface area contributed by atoms with E-state index in [1.54, 1.807) is 54.6 Å². The Bertz CT molecular complexity index is 1660. The summed E-state index contributed by atoms with van der Waals surface area (Å²) >= 11 is 0. The van der Waals surface area contributed by atoms with E-state index in [1.807, 2.05) is 38.2 Å². The van der Waals surface area contributed by atoms with Crippen molar-refractivity contribution in [3.63, 3.8) is 0 Å². The lowest BCUT2D eigenvalue weighted by molar-refractivity contribution is -0.139. The van der Waals surface area contributed by atoms with Crippen molar-refractivity contribution in [2.75, 3.05) is 0 Å². The number of H-pyrrole nitrogens is 1. The fourth-order valence-corrected chi connectivity index (χ4v) is 4.81. The molecule has 5 rings (SSSR count). The van der Waals surface area contributed by atoms with Crippen LogP contribution >= 0.6 is 0 Å². The Morgan fingerprint density at radius 2 is 1.62 bits per heavy atom. The number of carboxylic acids is 1. The van der Waals surface area contributed by atoms with E-state index in [0.29, 0.717) is 11.1 Å². The largest absolute Gasteiger partial charge is 0.479 e. The van der Waals surface area contributed by atoms with Crippen LogP contribution in [0.15, 0.2) is 88.6 Å². The SMILES string of the molecule is Cc1cccc2[nH]cc(C(C)n3c(=O)n([C@H](C(=O)O)c4ccccc4)c(=O)c4ccccc43)c12. The van der Waals surface area contributed by atoms with E-state index in [-0.39, 0.29) is 5.39 Å². The molecule has 7 nitrogen and oxygen atoms in total. The van der Waals surface area contributed by atoms with Crippen molar-refractivity contribution in [1.29, 1.82) is 0 Å². The first kappa shape index (κ1) is 21.5. The summed E-state index contributed by atoms with van der Waals surface area (Å²) < 4.78 is 2.38. The molecule has 5 aromatic rings. The molecular weight excluding hydrogens is 430 g/mol. The zero-order valence-electron chi connectivity index (χ0n) is 18.7. The molecule has 34 heavy (non-hydrogen) atoms. The Morgan fingerprint density at radius 1 is 0.912 bits per heavy atom. The van der Waals surface area contributed by atoms with Gasteiger partial charge in [0.15, 0.2) is 6.04 Å². The minimum Gasteiger partial charge on any atom is -0.479 e. The number of nitrogens with zero attached hydrogens (tertiary/aromatic N) is 2. The van der Waals surface area contributed by atoms with Crippen LogP contribution in [0.4, 0.5) is 0 Å². The van der Waals surface area contributed by atoms with E-state index in [0.717, 1.165) is 26.6 Å². The summed E-state index contributed by atoms with van der Waals surface area (Å²) in [6.45, 7) is 3.89. The maximum atomic E-state index is 13.9. The summed E-state index contributed by atoms with van der Waals surface area (Å²) in [4.78, 5) is 43.0. The molecular formula is C27H23N3O4. The summed E-state index contributed by atoms with van der Waals surface area (Å²) in [5.74, 6) is -1.28. The molecule has 2 aromatic heterocycles. The number of aryl methyl sites for hydroxylation is 1. The van der Waals surface area contributed by atoms with Crippen molar-refractivity contribution in [2.24, 2.45) is 0 Å². The third kappa shape index (κ3) is 3.25. The van der Waals surface area contributed by atoms with Crippen molar-refractivity contribution in [1.82, 2.24) is 14.1 Å². The molecule has 0 bridgehead atoms. The van der Waals surface area contributed by atoms with Gasteiger partial charge in [-0.2, -0.15) is 0 Å². The lowest BCUT2D eigenvalue weighted by Gasteiger charge is -2.23. The highest BCUT2D eigenvalue weighted by atomic mass is 16.4. The van der Waals surface area contributed by atoms with Crippen molar-refractivity contribution in [3.05, 3.63) is 117 Å². The number of para-hydroxylation sites is 1. The summed E-state index contributed by atoms with van der Waals surface area (Å²) in [6.07, 6.45) is 1.87. The smallest absolute Gasteiger partial charge is 0.333 e. The van der Waals surface area contributed by atoms with Crippen LogP contribution in [0.25, 0.3) is 21.8 Å². The van der Waals surface area contributed by atoms with Crippen LogP contribution < -0.4 is 11.2 Å². The van der Waals surface area contributed by atoms with Crippen molar-refractivity contribution in [2.45, 2.75) is 25.9 Å². The average molecular weight is 453 g/mol. The van der Waals surface area contributed by atoms with E-state index in [9.17, 15) is 19.5 Å². The Morgan fingerprint density at radius 3 is 2.35 bits per heavy atom. The molecule has 0 spiro atoms. The third-order valence-electron chi connectivity index (χ3n) is 6.41. The van der Waals surface area contributed by atoms with Gasteiger partial charge in [-0.25, -0.2) is 14.2 Å². The average Bonchev–Trinajstić information content (AvgIpc) is 3.28. The summed E-state index contributed by atoms with van der Waals surface area (Å²) in [5, 5.41) is 11.4. The predicted octanol–water partition coefficient (Wildman–Crippen LogP) is 4.24. The molecule has 0 saturated heterocycles. The lowest BCUT2D eigenvalue weighted by Crippen LogP contribution is -2.45. The minimum absolute atomic E-state index is 0.285. The van der Waals surface area contributed by atoms with Gasteiger partial charge in [0.05, 0.1) is 16.9 Å². The van der Waals surface area contributed by atoms with Crippen molar-refractivity contribution < 1.29 is 9.90 Å². The molecule has 2 heterocycles. The summed E-state index contributed by atoms with van der Waals surface area (Å²) in [7, 11) is 0. The highest BCUT2D eigenvalue weighted by molar-refractivity contribution is 5.87. The molecule has 2 N–H and O–H groups in total. The van der Waals surface area contributed by atoms with Gasteiger partial charge in [-0.3, -0.25) is 9.36 Å². The number of nitrogens with one attached hydrogen (secondary N) is 1. The van der Waals surface area contributed by atoms with Crippen LogP contribution in [0.5, 0.6) is 0 Å². The van der Waals surface area contributed by atoms with Crippen LogP contribution in [0.1, 0.15) is 35.7 Å². The Hall–Kier alpha value is -4.39. The Balaban J connectivity index is 1.85. The van der Waals surface area contributed by atoms with Gasteiger partial charge in [0.2, 0.25) is 0 Å². The number of benzene rings is 3. The molecule has 0 fully saturated rings. The van der Waals surface area contributed by atoms with Gasteiger partial charge in [0.25, 0.3) is 5.56 Å². The molecule has 0 aliphatic heterocycles. The second-order valence-electron chi connectivity index (χ2n) is 8.41. The number of carbonyl (C=O) groups is 1. The lowest BCUT2D eigenvalue weighted by atomic mass is 10.0. The van der Waals surface area contributed by atoms with Crippen molar-refractivity contribution >= 4 is 27.8 Å². The number of aliphatic carboxylic acids is 1. The maximum absolute atomic E-state index is 13.9. The molecule has 0 saturated carbocycles. The van der Waals surface area contributed by atoms with Crippen LogP contribution in [0.3, 0.4) is 0 Å². The van der Waals surface area contributed by atoms with Crippen LogP contribution in [0.2, 0.25) is 0 Å². The van der Waals surface area contributed by atoms with Crippen molar-refractivity contribution in [3.8, 4) is 0 Å². The number of carboxylic acid groups (broad SMARTS) is 1. The number of fused-ring (bicyclic) bond motifs is 2. The molecule has 1 unspecified atom stereocenters. The van der Waals surface area contributed by atoms with Gasteiger partial charge in [0.1, 0.15) is 0 Å². The van der Waals surface area contributed by atoms with E-state index >= 15 is 0 Å². The molecule has 0 amide bonds. The highest BCUT2D eigenvalue weighted by Gasteiger charge is 2.29. The predicted molar refractivity (Wildman–Crippen MR) is 132 cm³/mol. The minimum atomic E-state index is -1.45. The van der Waals surface area contributed by atoms with Crippen LogP contribution in [-0.4, -0.2) is 25.2 Å². The third-order valence-corrected chi connectivity index (χ3v) is 6.41. The molecule has 0 aliphatic rings. The first-order valence-corrected chi connectivity index (χ1v) is 11.0. The second-order valence-corrected chi connectivity index (χ2v) is 8.41. The normalized spacial score (nSPS) is 13.2. The van der Waals surface area contributed by atoms with Gasteiger partial charge in [-0.15, -0.1) is 0 Å². The van der Waals surface area contributed by atoms with Gasteiger partial charge in [-0.1, -0.05) is 54.6 Å². The first-order chi connectivity index (χ1) is 16.4. The quantitative estimate of drug-likeness (QED) is 0.416. The topological polar surface area (TPSA) is 97.1 Å². The van der Waals surface area contributed by atoms with Gasteiger partial charge in [-0.05, 0) is 43.2 Å². The van der Waals surface area contributed by atoms with Gasteiger partial charge in [0, 0.05) is 22.7 Å². The fraction of sp³-hybridized carbons (Fsp3) is 0.148. The fourth-order valence-electron chi connectivity index (χ4n) is 4.81. The molecule has 2 atom stereocenters. The molecule has 3 aromatic carbocycles. The first-order valence-electron chi connectivity index (χ1n) is 11.0. The van der Waals surface area contributed by atoms with E-state index < -0.39 is 29.3 Å². The highest BCUT2D eigenvalue weighted by Crippen LogP contribution is 2.30. The van der Waals surface area contributed by atoms with E-state index in [2.05, 4.69) is 4.98 Å². The Labute approximate surface area is 194 Å². The number of aromatic nitrogens is 3.